The van der Waals surface area contributed by atoms with Gasteiger partial charge < -0.3 is 15.5 Å². The Morgan fingerprint density at radius 1 is 1.23 bits per heavy atom. The van der Waals surface area contributed by atoms with Crippen molar-refractivity contribution in [2.45, 2.75) is 32.7 Å². The fourth-order valence-electron chi connectivity index (χ4n) is 2.67. The summed E-state index contributed by atoms with van der Waals surface area (Å²) in [7, 11) is 4.24. The van der Waals surface area contributed by atoms with E-state index in [4.69, 9.17) is 4.99 Å². The Morgan fingerprint density at radius 3 is 2.62 bits per heavy atom. The van der Waals surface area contributed by atoms with E-state index in [-0.39, 0.29) is 0 Å². The van der Waals surface area contributed by atoms with E-state index in [1.165, 1.54) is 5.56 Å². The molecular formula is C20H31N5S. The van der Waals surface area contributed by atoms with Gasteiger partial charge in [-0.15, -0.1) is 11.3 Å². The molecule has 1 unspecified atom stereocenters. The molecule has 0 aliphatic carbocycles. The van der Waals surface area contributed by atoms with Gasteiger partial charge in [0.1, 0.15) is 0 Å². The van der Waals surface area contributed by atoms with E-state index in [0.717, 1.165) is 49.1 Å². The number of benzene rings is 1. The van der Waals surface area contributed by atoms with Gasteiger partial charge in [0.25, 0.3) is 0 Å². The first-order valence-corrected chi connectivity index (χ1v) is 10.1. The maximum atomic E-state index is 4.80. The van der Waals surface area contributed by atoms with Gasteiger partial charge in [-0.1, -0.05) is 30.3 Å². The fraction of sp³-hybridized carbons (Fsp3) is 0.500. The van der Waals surface area contributed by atoms with Gasteiger partial charge in [0.05, 0.1) is 17.2 Å². The molecule has 0 radical (unpaired) electrons. The predicted molar refractivity (Wildman–Crippen MR) is 112 cm³/mol. The zero-order chi connectivity index (χ0) is 18.8. The summed E-state index contributed by atoms with van der Waals surface area (Å²) in [5, 5.41) is 10.0. The van der Waals surface area contributed by atoms with E-state index < -0.39 is 0 Å². The van der Waals surface area contributed by atoms with Crippen molar-refractivity contribution in [2.24, 2.45) is 4.99 Å². The summed E-state index contributed by atoms with van der Waals surface area (Å²) in [6.07, 6.45) is 1.91. The lowest BCUT2D eigenvalue weighted by atomic mass is 10.1. The Bertz CT molecular complexity index is 666. The van der Waals surface area contributed by atoms with Crippen molar-refractivity contribution in [2.75, 3.05) is 33.7 Å². The number of nitrogens with one attached hydrogen (secondary N) is 2. The molecule has 0 aliphatic rings. The second-order valence-corrected chi connectivity index (χ2v) is 7.62. The molecule has 26 heavy (non-hydrogen) atoms. The lowest BCUT2D eigenvalue weighted by molar-refractivity contribution is 0.298. The van der Waals surface area contributed by atoms with Crippen LogP contribution in [0.5, 0.6) is 0 Å². The molecule has 5 nitrogen and oxygen atoms in total. The highest BCUT2D eigenvalue weighted by Crippen LogP contribution is 2.08. The summed E-state index contributed by atoms with van der Waals surface area (Å²) in [5.74, 6) is 0.874. The van der Waals surface area contributed by atoms with Crippen LogP contribution in [0, 0.1) is 6.92 Å². The number of aryl methyl sites for hydroxylation is 1. The average Bonchev–Trinajstić information content (AvgIpc) is 3.04. The molecule has 6 heteroatoms. The predicted octanol–water partition coefficient (Wildman–Crippen LogP) is 2.72. The summed E-state index contributed by atoms with van der Waals surface area (Å²) in [6.45, 7) is 6.58. The normalized spacial score (nSPS) is 13.0. The second-order valence-electron chi connectivity index (χ2n) is 6.56. The van der Waals surface area contributed by atoms with Crippen LogP contribution in [0.25, 0.3) is 0 Å². The third-order valence-electron chi connectivity index (χ3n) is 4.19. The first-order valence-electron chi connectivity index (χ1n) is 9.22. The lowest BCUT2D eigenvalue weighted by Gasteiger charge is -2.23. The van der Waals surface area contributed by atoms with Gasteiger partial charge in [0.15, 0.2) is 5.96 Å². The Labute approximate surface area is 161 Å². The maximum absolute atomic E-state index is 4.80. The van der Waals surface area contributed by atoms with Crippen LogP contribution in [-0.4, -0.2) is 55.6 Å². The van der Waals surface area contributed by atoms with Crippen LogP contribution in [0.3, 0.4) is 0 Å². The number of likely N-dealkylation sites (N-methyl/N-ethyl adjacent to an activating group) is 1. The van der Waals surface area contributed by atoms with Gasteiger partial charge in [-0.05, 0) is 39.9 Å². The molecule has 142 valence electrons. The molecule has 2 aromatic rings. The highest BCUT2D eigenvalue weighted by Gasteiger charge is 2.12. The molecule has 2 rings (SSSR count). The number of hydrogen-bond acceptors (Lipinski definition) is 4. The van der Waals surface area contributed by atoms with Gasteiger partial charge in [-0.2, -0.15) is 0 Å². The third-order valence-corrected chi connectivity index (χ3v) is 5.01. The first-order chi connectivity index (χ1) is 12.6. The Kier molecular flexibility index (Phi) is 8.58. The molecule has 2 N–H and O–H groups in total. The second kappa shape index (κ2) is 10.9. The number of aliphatic imine (C=N–C) groups is 1. The SMILES string of the molecule is CCNC(=NCC(Cc1ccccc1)N(C)C)NCCc1csc(C)n1. The maximum Gasteiger partial charge on any atom is 0.191 e. The van der Waals surface area contributed by atoms with Crippen LogP contribution < -0.4 is 10.6 Å². The molecule has 0 saturated carbocycles. The number of aromatic nitrogens is 1. The highest BCUT2D eigenvalue weighted by atomic mass is 32.1. The van der Waals surface area contributed by atoms with Crippen molar-refractivity contribution in [3.8, 4) is 0 Å². The van der Waals surface area contributed by atoms with Gasteiger partial charge in [-0.25, -0.2) is 4.98 Å². The van der Waals surface area contributed by atoms with E-state index in [0.29, 0.717) is 6.04 Å². The van der Waals surface area contributed by atoms with Gasteiger partial charge in [0.2, 0.25) is 0 Å². The number of rotatable bonds is 9. The van der Waals surface area contributed by atoms with Gasteiger partial charge in [0, 0.05) is 30.9 Å². The van der Waals surface area contributed by atoms with Crippen LogP contribution in [0.1, 0.15) is 23.2 Å². The van der Waals surface area contributed by atoms with Crippen molar-refractivity contribution in [3.63, 3.8) is 0 Å². The molecule has 0 saturated heterocycles. The fourth-order valence-corrected chi connectivity index (χ4v) is 3.31. The lowest BCUT2D eigenvalue weighted by Crippen LogP contribution is -2.40. The van der Waals surface area contributed by atoms with Gasteiger partial charge >= 0.3 is 0 Å². The highest BCUT2D eigenvalue weighted by molar-refractivity contribution is 7.09. The molecular weight excluding hydrogens is 342 g/mol. The zero-order valence-corrected chi connectivity index (χ0v) is 17.1. The van der Waals surface area contributed by atoms with Crippen LogP contribution >= 0.6 is 11.3 Å². The number of guanidine groups is 1. The smallest absolute Gasteiger partial charge is 0.191 e. The molecule has 1 heterocycles. The van der Waals surface area contributed by atoms with E-state index in [1.807, 2.05) is 6.92 Å². The molecule has 0 fully saturated rings. The van der Waals surface area contributed by atoms with Crippen molar-refractivity contribution in [1.82, 2.24) is 20.5 Å². The molecule has 1 atom stereocenters. The zero-order valence-electron chi connectivity index (χ0n) is 16.3. The molecule has 1 aromatic heterocycles. The van der Waals surface area contributed by atoms with Crippen LogP contribution in [-0.2, 0) is 12.8 Å². The van der Waals surface area contributed by atoms with Crippen LogP contribution in [0.4, 0.5) is 0 Å². The topological polar surface area (TPSA) is 52.6 Å². The monoisotopic (exact) mass is 373 g/mol. The van der Waals surface area contributed by atoms with Crippen LogP contribution in [0.15, 0.2) is 40.7 Å². The number of nitrogens with zero attached hydrogens (tertiary/aromatic N) is 3. The summed E-state index contributed by atoms with van der Waals surface area (Å²) in [6, 6.07) is 11.0. The third kappa shape index (κ3) is 7.14. The molecule has 0 spiro atoms. The Hall–Kier alpha value is -1.92. The van der Waals surface area contributed by atoms with E-state index in [2.05, 4.69) is 77.2 Å². The minimum atomic E-state index is 0.369. The number of thiazole rings is 1. The Morgan fingerprint density at radius 2 is 2.00 bits per heavy atom. The standard InChI is InChI=1S/C20H31N5S/c1-5-21-20(22-12-11-18-15-26-16(2)24-18)23-14-19(25(3)4)13-17-9-7-6-8-10-17/h6-10,15,19H,5,11-14H2,1-4H3,(H2,21,22,23). The summed E-state index contributed by atoms with van der Waals surface area (Å²) < 4.78 is 0. The van der Waals surface area contributed by atoms with Crippen molar-refractivity contribution < 1.29 is 0 Å². The number of hydrogen-bond donors (Lipinski definition) is 2. The van der Waals surface area contributed by atoms with Crippen LogP contribution in [0.2, 0.25) is 0 Å². The van der Waals surface area contributed by atoms with Crippen molar-refractivity contribution in [1.29, 1.82) is 0 Å². The molecule has 0 aliphatic heterocycles. The van der Waals surface area contributed by atoms with Crippen molar-refractivity contribution >= 4 is 17.3 Å². The van der Waals surface area contributed by atoms with E-state index in [9.17, 15) is 0 Å². The quantitative estimate of drug-likeness (QED) is 0.524. The molecule has 0 amide bonds. The van der Waals surface area contributed by atoms with E-state index >= 15 is 0 Å². The van der Waals surface area contributed by atoms with Gasteiger partial charge in [-0.3, -0.25) is 4.99 Å². The summed E-state index contributed by atoms with van der Waals surface area (Å²) in [4.78, 5) is 11.6. The summed E-state index contributed by atoms with van der Waals surface area (Å²) >= 11 is 1.70. The average molecular weight is 374 g/mol. The molecule has 1 aromatic carbocycles. The van der Waals surface area contributed by atoms with Crippen molar-refractivity contribution in [3.05, 3.63) is 52.0 Å². The first kappa shape index (κ1) is 20.4. The molecule has 0 bridgehead atoms. The minimum absolute atomic E-state index is 0.369. The summed E-state index contributed by atoms with van der Waals surface area (Å²) in [5.41, 5.74) is 2.49. The Balaban J connectivity index is 1.89. The minimum Gasteiger partial charge on any atom is -0.357 e. The largest absolute Gasteiger partial charge is 0.357 e. The van der Waals surface area contributed by atoms with E-state index in [1.54, 1.807) is 11.3 Å².